The summed E-state index contributed by atoms with van der Waals surface area (Å²) in [5.74, 6) is -0.305. The molecule has 0 spiro atoms. The lowest BCUT2D eigenvalue weighted by molar-refractivity contribution is -0.189. The summed E-state index contributed by atoms with van der Waals surface area (Å²) in [6.45, 7) is 8.78. The van der Waals surface area contributed by atoms with E-state index in [1.807, 2.05) is 29.0 Å². The molecule has 3 aliphatic rings. The molecule has 0 radical (unpaired) electrons. The third-order valence-corrected chi connectivity index (χ3v) is 10.7. The summed E-state index contributed by atoms with van der Waals surface area (Å²) in [5, 5.41) is 2.06. The second-order valence-corrected chi connectivity index (χ2v) is 14.1. The highest BCUT2D eigenvalue weighted by Gasteiger charge is 2.45. The number of ether oxygens (including phenoxy) is 4. The second kappa shape index (κ2) is 15.2. The van der Waals surface area contributed by atoms with E-state index in [0.29, 0.717) is 35.4 Å². The lowest BCUT2D eigenvalue weighted by Crippen LogP contribution is -2.46. The minimum absolute atomic E-state index is 0.140. The number of nitrogens with zero attached hydrogens (tertiary/aromatic N) is 6. The van der Waals surface area contributed by atoms with Crippen molar-refractivity contribution in [3.8, 4) is 5.75 Å². The number of piperazine rings is 1. The number of imidazole rings is 1. The number of rotatable bonds is 11. The minimum atomic E-state index is -1.08. The molecule has 3 saturated heterocycles. The van der Waals surface area contributed by atoms with E-state index in [0.717, 1.165) is 55.9 Å². The Hall–Kier alpha value is -3.45. The van der Waals surface area contributed by atoms with E-state index in [1.54, 1.807) is 43.5 Å². The summed E-state index contributed by atoms with van der Waals surface area (Å²) in [6, 6.07) is 22.2. The molecule has 10 nitrogen and oxygen atoms in total. The van der Waals surface area contributed by atoms with E-state index in [2.05, 4.69) is 63.0 Å². The summed E-state index contributed by atoms with van der Waals surface area (Å²) < 4.78 is 26.4. The molecule has 0 bridgehead atoms. The Morgan fingerprint density at radius 3 is 2.33 bits per heavy atom. The summed E-state index contributed by atoms with van der Waals surface area (Å²) in [6.07, 6.45) is 5.02. The van der Waals surface area contributed by atoms with E-state index in [-0.39, 0.29) is 11.5 Å². The Bertz CT molecular complexity index is 1720. The van der Waals surface area contributed by atoms with Crippen molar-refractivity contribution in [3.05, 3.63) is 101 Å². The number of aliphatic imine (C=N–C) groups is 1. The average Bonchev–Trinajstić information content (AvgIpc) is 3.89. The number of aromatic nitrogens is 2. The molecule has 49 heavy (non-hydrogen) atoms. The van der Waals surface area contributed by atoms with Gasteiger partial charge in [0, 0.05) is 74.2 Å². The predicted octanol–water partition coefficient (Wildman–Crippen LogP) is 6.89. The smallest absolute Gasteiger partial charge is 0.215 e. The van der Waals surface area contributed by atoms with Gasteiger partial charge in [0.15, 0.2) is 5.17 Å². The number of amidine groups is 1. The van der Waals surface area contributed by atoms with Gasteiger partial charge in [-0.2, -0.15) is 0 Å². The van der Waals surface area contributed by atoms with E-state index >= 15 is 0 Å². The minimum Gasteiger partial charge on any atom is -0.491 e. The molecule has 4 heterocycles. The number of hydrogen-bond donors (Lipinski definition) is 0. The summed E-state index contributed by atoms with van der Waals surface area (Å²) in [4.78, 5) is 16.2. The standard InChI is InChI=1S/C36H40Cl2N6O4S/c1-3-42-21-34(45-2)49-35(42)40-27-5-7-28(8-6-27)43-16-18-44(19-17-43)29-9-11-30(12-10-29)46-22-31-23-47-36(48-31,24-41-15-14-39-25-41)32-13-4-26(37)20-33(32)38/h4-15,20,25,31,34H,3,16-19,21-24H2,1-2H3/b40-35-. The SMILES string of the molecule is CCN1CC(OC)S/C1=N\c1ccc(N2CCN(c3ccc(OCC4COC(Cn5ccnc5)(c5ccc(Cl)cc5Cl)O4)cc3)CC2)cc1. The van der Waals surface area contributed by atoms with Crippen LogP contribution in [0.2, 0.25) is 10.0 Å². The summed E-state index contributed by atoms with van der Waals surface area (Å²) >= 11 is 14.5. The van der Waals surface area contributed by atoms with Gasteiger partial charge in [-0.1, -0.05) is 41.0 Å². The fraction of sp³-hybridized carbons (Fsp3) is 0.389. The zero-order chi connectivity index (χ0) is 33.8. The molecular formula is C36H40Cl2N6O4S. The number of likely N-dealkylation sites (N-methyl/N-ethyl adjacent to an activating group) is 1. The molecule has 3 aromatic carbocycles. The van der Waals surface area contributed by atoms with Crippen LogP contribution in [-0.4, -0.2) is 90.8 Å². The second-order valence-electron chi connectivity index (χ2n) is 12.2. The highest BCUT2D eigenvalue weighted by Crippen LogP contribution is 2.41. The first-order valence-corrected chi connectivity index (χ1v) is 18.1. The van der Waals surface area contributed by atoms with Crippen molar-refractivity contribution < 1.29 is 18.9 Å². The number of thioether (sulfide) groups is 1. The van der Waals surface area contributed by atoms with Gasteiger partial charge in [0.25, 0.3) is 0 Å². The average molecular weight is 724 g/mol. The van der Waals surface area contributed by atoms with Gasteiger partial charge in [0.05, 0.1) is 36.7 Å². The first-order valence-electron chi connectivity index (χ1n) is 16.5. The molecule has 3 unspecified atom stereocenters. The summed E-state index contributed by atoms with van der Waals surface area (Å²) in [5.41, 5.74) is 4.22. The van der Waals surface area contributed by atoms with E-state index in [9.17, 15) is 0 Å². The van der Waals surface area contributed by atoms with Crippen LogP contribution in [0.1, 0.15) is 12.5 Å². The van der Waals surface area contributed by atoms with Crippen molar-refractivity contribution in [3.63, 3.8) is 0 Å². The van der Waals surface area contributed by atoms with Gasteiger partial charge in [-0.25, -0.2) is 9.98 Å². The van der Waals surface area contributed by atoms with Gasteiger partial charge >= 0.3 is 0 Å². The molecule has 13 heteroatoms. The Morgan fingerprint density at radius 1 is 0.980 bits per heavy atom. The topological polar surface area (TPSA) is 76.8 Å². The molecule has 0 aliphatic carbocycles. The number of methoxy groups -OCH3 is 1. The maximum atomic E-state index is 6.61. The number of anilines is 2. The van der Waals surface area contributed by atoms with Crippen LogP contribution < -0.4 is 14.5 Å². The van der Waals surface area contributed by atoms with Crippen molar-refractivity contribution in [1.82, 2.24) is 14.5 Å². The molecule has 1 aromatic heterocycles. The van der Waals surface area contributed by atoms with Gasteiger partial charge in [-0.05, 0) is 67.6 Å². The fourth-order valence-corrected chi connectivity index (χ4v) is 8.01. The highest BCUT2D eigenvalue weighted by molar-refractivity contribution is 8.14. The number of hydrogen-bond acceptors (Lipinski definition) is 9. The molecule has 0 saturated carbocycles. The Kier molecular flexibility index (Phi) is 10.6. The van der Waals surface area contributed by atoms with Gasteiger partial charge in [-0.3, -0.25) is 0 Å². The number of benzene rings is 3. The normalized spacial score (nSPS) is 23.5. The van der Waals surface area contributed by atoms with Gasteiger partial charge < -0.3 is 38.2 Å². The van der Waals surface area contributed by atoms with Crippen LogP contribution in [0.25, 0.3) is 0 Å². The Morgan fingerprint density at radius 2 is 1.69 bits per heavy atom. The fourth-order valence-electron chi connectivity index (χ4n) is 6.36. The van der Waals surface area contributed by atoms with Gasteiger partial charge in [0.2, 0.25) is 5.79 Å². The van der Waals surface area contributed by atoms with Crippen LogP contribution in [-0.2, 0) is 26.5 Å². The molecule has 3 aliphatic heterocycles. The molecule has 0 N–H and O–H groups in total. The van der Waals surface area contributed by atoms with Crippen molar-refractivity contribution in [2.24, 2.45) is 4.99 Å². The quantitative estimate of drug-likeness (QED) is 0.165. The Labute approximate surface area is 301 Å². The molecule has 0 amide bonds. The molecule has 7 rings (SSSR count). The van der Waals surface area contributed by atoms with Crippen LogP contribution in [0.5, 0.6) is 5.75 Å². The van der Waals surface area contributed by atoms with Crippen molar-refractivity contribution in [2.75, 3.05) is 69.4 Å². The third kappa shape index (κ3) is 7.82. The first kappa shape index (κ1) is 34.0. The highest BCUT2D eigenvalue weighted by atomic mass is 35.5. The van der Waals surface area contributed by atoms with E-state index < -0.39 is 5.79 Å². The maximum Gasteiger partial charge on any atom is 0.215 e. The summed E-state index contributed by atoms with van der Waals surface area (Å²) in [7, 11) is 1.76. The van der Waals surface area contributed by atoms with Crippen LogP contribution in [0.15, 0.2) is 90.4 Å². The molecule has 3 atom stereocenters. The molecular weight excluding hydrogens is 683 g/mol. The maximum absolute atomic E-state index is 6.61. The first-order chi connectivity index (χ1) is 23.9. The molecule has 4 aromatic rings. The third-order valence-electron chi connectivity index (χ3n) is 9.03. The van der Waals surface area contributed by atoms with Crippen LogP contribution in [0.4, 0.5) is 17.1 Å². The van der Waals surface area contributed by atoms with Gasteiger partial charge in [-0.15, -0.1) is 0 Å². The van der Waals surface area contributed by atoms with Crippen molar-refractivity contribution >= 4 is 57.2 Å². The zero-order valence-electron chi connectivity index (χ0n) is 27.6. The molecule has 258 valence electrons. The van der Waals surface area contributed by atoms with Gasteiger partial charge in [0.1, 0.15) is 23.9 Å². The van der Waals surface area contributed by atoms with Crippen molar-refractivity contribution in [2.45, 2.75) is 30.8 Å². The van der Waals surface area contributed by atoms with Crippen molar-refractivity contribution in [1.29, 1.82) is 0 Å². The van der Waals surface area contributed by atoms with Crippen LogP contribution in [0.3, 0.4) is 0 Å². The number of halogens is 2. The monoisotopic (exact) mass is 722 g/mol. The van der Waals surface area contributed by atoms with E-state index in [1.165, 1.54) is 11.4 Å². The Balaban J connectivity index is 0.912. The van der Waals surface area contributed by atoms with Crippen LogP contribution in [0, 0.1) is 0 Å². The van der Waals surface area contributed by atoms with E-state index in [4.69, 9.17) is 47.1 Å². The largest absolute Gasteiger partial charge is 0.491 e. The zero-order valence-corrected chi connectivity index (χ0v) is 29.9. The lowest BCUT2D eigenvalue weighted by atomic mass is 10.1. The van der Waals surface area contributed by atoms with Crippen LogP contribution >= 0.6 is 35.0 Å². The predicted molar refractivity (Wildman–Crippen MR) is 197 cm³/mol. The lowest BCUT2D eigenvalue weighted by Gasteiger charge is -2.37. The molecule has 3 fully saturated rings.